The summed E-state index contributed by atoms with van der Waals surface area (Å²) in [4.78, 5) is 26.2. The lowest BCUT2D eigenvalue weighted by Crippen LogP contribution is -2.54. The Labute approximate surface area is 165 Å². The quantitative estimate of drug-likeness (QED) is 0.470. The minimum absolute atomic E-state index is 0.0254. The minimum atomic E-state index is -0.554. The van der Waals surface area contributed by atoms with Crippen LogP contribution in [0.25, 0.3) is 6.08 Å². The van der Waals surface area contributed by atoms with Gasteiger partial charge in [0.1, 0.15) is 5.57 Å². The first kappa shape index (κ1) is 18.3. The molecule has 1 N–H and O–H groups in total. The molecule has 0 unspecified atom stereocenters. The van der Waals surface area contributed by atoms with Crippen molar-refractivity contribution in [2.45, 2.75) is 0 Å². The number of anilines is 1. The van der Waals surface area contributed by atoms with E-state index >= 15 is 0 Å². The molecule has 1 aliphatic heterocycles. The predicted octanol–water partition coefficient (Wildman–Crippen LogP) is 4.38. The Morgan fingerprint density at radius 1 is 1.00 bits per heavy atom. The van der Waals surface area contributed by atoms with Gasteiger partial charge in [0.2, 0.25) is 0 Å². The summed E-state index contributed by atoms with van der Waals surface area (Å²) in [6.45, 7) is 0. The van der Waals surface area contributed by atoms with E-state index in [0.29, 0.717) is 15.7 Å². The van der Waals surface area contributed by atoms with Crippen molar-refractivity contribution in [3.05, 3.63) is 81.9 Å². The molecule has 0 radical (unpaired) electrons. The van der Waals surface area contributed by atoms with Crippen LogP contribution in [0.15, 0.2) is 66.3 Å². The molecule has 1 aliphatic rings. The molecule has 1 saturated heterocycles. The number of hydrogen-bond acceptors (Lipinski definition) is 3. The van der Waals surface area contributed by atoms with Crippen molar-refractivity contribution in [2.75, 3.05) is 4.90 Å². The summed E-state index contributed by atoms with van der Waals surface area (Å²) in [6.07, 6.45) is 4.88. The van der Waals surface area contributed by atoms with Gasteiger partial charge < -0.3 is 0 Å². The Bertz CT molecular complexity index is 935. The normalized spacial score (nSPS) is 16.5. The van der Waals surface area contributed by atoms with Gasteiger partial charge >= 0.3 is 0 Å². The fourth-order valence-corrected chi connectivity index (χ4v) is 3.20. The Hall–Kier alpha value is -2.47. The van der Waals surface area contributed by atoms with Crippen LogP contribution in [0.1, 0.15) is 5.56 Å². The zero-order valence-electron chi connectivity index (χ0n) is 13.3. The summed E-state index contributed by atoms with van der Waals surface area (Å²) in [7, 11) is 0. The van der Waals surface area contributed by atoms with Gasteiger partial charge in [0, 0.05) is 10.0 Å². The molecule has 26 heavy (non-hydrogen) atoms. The van der Waals surface area contributed by atoms with Gasteiger partial charge in [0.25, 0.3) is 11.8 Å². The fourth-order valence-electron chi connectivity index (χ4n) is 2.40. The molecular weight excluding hydrogens is 391 g/mol. The van der Waals surface area contributed by atoms with E-state index in [2.05, 4.69) is 5.32 Å². The van der Waals surface area contributed by atoms with Crippen LogP contribution < -0.4 is 10.2 Å². The summed E-state index contributed by atoms with van der Waals surface area (Å²) < 4.78 is 0. The molecule has 0 aliphatic carbocycles. The van der Waals surface area contributed by atoms with Crippen molar-refractivity contribution in [1.82, 2.24) is 5.32 Å². The van der Waals surface area contributed by atoms with Gasteiger partial charge in [-0.15, -0.1) is 0 Å². The van der Waals surface area contributed by atoms with E-state index in [0.717, 1.165) is 5.56 Å². The minimum Gasteiger partial charge on any atom is -0.298 e. The van der Waals surface area contributed by atoms with Gasteiger partial charge in [-0.2, -0.15) is 0 Å². The average Bonchev–Trinajstić information content (AvgIpc) is 2.57. The van der Waals surface area contributed by atoms with Gasteiger partial charge in [0.05, 0.1) is 5.69 Å². The molecule has 3 rings (SSSR count). The highest BCUT2D eigenvalue weighted by Gasteiger charge is 2.34. The number of benzene rings is 2. The third kappa shape index (κ3) is 4.02. The zero-order chi connectivity index (χ0) is 18.7. The zero-order valence-corrected chi connectivity index (χ0v) is 15.6. The molecular formula is C19H12Cl2N2O2S. The van der Waals surface area contributed by atoms with Gasteiger partial charge in [-0.25, -0.2) is 0 Å². The monoisotopic (exact) mass is 402 g/mol. The molecule has 0 saturated carbocycles. The highest BCUT2D eigenvalue weighted by Crippen LogP contribution is 2.28. The maximum absolute atomic E-state index is 12.8. The average molecular weight is 403 g/mol. The second-order valence-corrected chi connectivity index (χ2v) is 6.64. The van der Waals surface area contributed by atoms with E-state index in [1.165, 1.54) is 11.0 Å². The number of nitrogens with one attached hydrogen (secondary N) is 1. The second kappa shape index (κ2) is 7.83. The predicted molar refractivity (Wildman–Crippen MR) is 108 cm³/mol. The molecule has 1 heterocycles. The van der Waals surface area contributed by atoms with Crippen molar-refractivity contribution in [3.63, 3.8) is 0 Å². The number of nitrogens with zero attached hydrogens (tertiary/aromatic N) is 1. The summed E-state index contributed by atoms with van der Waals surface area (Å²) in [5.41, 5.74) is 1.29. The highest BCUT2D eigenvalue weighted by atomic mass is 35.5. The van der Waals surface area contributed by atoms with E-state index in [4.69, 9.17) is 35.4 Å². The third-order valence-corrected chi connectivity index (χ3v) is 4.28. The number of carbonyl (C=O) groups excluding carboxylic acids is 2. The van der Waals surface area contributed by atoms with Crippen molar-refractivity contribution in [2.24, 2.45) is 0 Å². The molecule has 2 aromatic carbocycles. The SMILES string of the molecule is O=C1NC(=S)N(c2cc(Cl)cc(Cl)c2)C(=O)/C1=C/C=C/c1ccccc1. The number of thiocarbonyl (C=S) groups is 1. The highest BCUT2D eigenvalue weighted by molar-refractivity contribution is 7.80. The Morgan fingerprint density at radius 3 is 2.31 bits per heavy atom. The van der Waals surface area contributed by atoms with Crippen LogP contribution in [0.3, 0.4) is 0 Å². The molecule has 0 aromatic heterocycles. The van der Waals surface area contributed by atoms with Crippen molar-refractivity contribution in [1.29, 1.82) is 0 Å². The van der Waals surface area contributed by atoms with Crippen molar-refractivity contribution < 1.29 is 9.59 Å². The Balaban J connectivity index is 1.93. The van der Waals surface area contributed by atoms with E-state index in [1.54, 1.807) is 30.4 Å². The topological polar surface area (TPSA) is 49.4 Å². The number of rotatable bonds is 3. The van der Waals surface area contributed by atoms with Crippen LogP contribution in [-0.4, -0.2) is 16.9 Å². The van der Waals surface area contributed by atoms with E-state index < -0.39 is 11.8 Å². The number of carbonyl (C=O) groups is 2. The van der Waals surface area contributed by atoms with E-state index in [1.807, 2.05) is 30.3 Å². The molecule has 0 bridgehead atoms. The van der Waals surface area contributed by atoms with Crippen molar-refractivity contribution in [3.8, 4) is 0 Å². The maximum Gasteiger partial charge on any atom is 0.270 e. The second-order valence-electron chi connectivity index (χ2n) is 5.38. The number of hydrogen-bond donors (Lipinski definition) is 1. The van der Waals surface area contributed by atoms with E-state index in [9.17, 15) is 9.59 Å². The lowest BCUT2D eigenvalue weighted by molar-refractivity contribution is -0.122. The molecule has 2 amide bonds. The number of halogens is 2. The molecule has 4 nitrogen and oxygen atoms in total. The Kier molecular flexibility index (Phi) is 5.52. The maximum atomic E-state index is 12.8. The Morgan fingerprint density at radius 2 is 1.65 bits per heavy atom. The molecule has 2 aromatic rings. The lowest BCUT2D eigenvalue weighted by Gasteiger charge is -2.29. The fraction of sp³-hybridized carbons (Fsp3) is 0. The molecule has 0 atom stereocenters. The van der Waals surface area contributed by atoms with Crippen LogP contribution in [0.2, 0.25) is 10.0 Å². The molecule has 0 spiro atoms. The van der Waals surface area contributed by atoms with Gasteiger partial charge in [0.15, 0.2) is 5.11 Å². The molecule has 130 valence electrons. The molecule has 1 fully saturated rings. The smallest absolute Gasteiger partial charge is 0.270 e. The largest absolute Gasteiger partial charge is 0.298 e. The molecule has 7 heteroatoms. The standard InChI is InChI=1S/C19H12Cl2N2O2S/c20-13-9-14(21)11-15(10-13)23-18(25)16(17(24)22-19(23)26)8-4-7-12-5-2-1-3-6-12/h1-11H,(H,22,24,26)/b7-4+,16-8+. The van der Waals surface area contributed by atoms with Crippen LogP contribution in [0.4, 0.5) is 5.69 Å². The van der Waals surface area contributed by atoms with Crippen LogP contribution in [0, 0.1) is 0 Å². The summed E-state index contributed by atoms with van der Waals surface area (Å²) in [5.74, 6) is -1.10. The summed E-state index contributed by atoms with van der Waals surface area (Å²) in [5, 5.41) is 3.19. The first-order valence-electron chi connectivity index (χ1n) is 7.55. The summed E-state index contributed by atoms with van der Waals surface area (Å²) in [6, 6.07) is 14.2. The number of allylic oxidation sites excluding steroid dienone is 2. The van der Waals surface area contributed by atoms with Gasteiger partial charge in [-0.05, 0) is 42.1 Å². The number of amides is 2. The van der Waals surface area contributed by atoms with Gasteiger partial charge in [-0.1, -0.05) is 65.7 Å². The third-order valence-electron chi connectivity index (χ3n) is 3.56. The summed E-state index contributed by atoms with van der Waals surface area (Å²) >= 11 is 17.1. The van der Waals surface area contributed by atoms with Crippen LogP contribution >= 0.6 is 35.4 Å². The first-order chi connectivity index (χ1) is 12.5. The van der Waals surface area contributed by atoms with Gasteiger partial charge in [-0.3, -0.25) is 19.8 Å². The van der Waals surface area contributed by atoms with Crippen LogP contribution in [0.5, 0.6) is 0 Å². The van der Waals surface area contributed by atoms with Crippen molar-refractivity contribution >= 4 is 64.1 Å². The first-order valence-corrected chi connectivity index (χ1v) is 8.71. The van der Waals surface area contributed by atoms with E-state index in [-0.39, 0.29) is 10.7 Å². The lowest BCUT2D eigenvalue weighted by atomic mass is 10.1. The van der Waals surface area contributed by atoms with Crippen LogP contribution in [-0.2, 0) is 9.59 Å².